The second-order valence-corrected chi connectivity index (χ2v) is 6.22. The van der Waals surface area contributed by atoms with Gasteiger partial charge in [-0.2, -0.15) is 0 Å². The Morgan fingerprint density at radius 2 is 2.05 bits per heavy atom. The predicted molar refractivity (Wildman–Crippen MR) is 87.5 cm³/mol. The fourth-order valence-electron chi connectivity index (χ4n) is 1.89. The summed E-state index contributed by atoms with van der Waals surface area (Å²) in [6.45, 7) is 7.63. The van der Waals surface area contributed by atoms with Gasteiger partial charge in [0.05, 0.1) is 5.75 Å². The van der Waals surface area contributed by atoms with Crippen molar-refractivity contribution in [1.29, 1.82) is 0 Å². The van der Waals surface area contributed by atoms with Gasteiger partial charge in [0.2, 0.25) is 5.91 Å². The summed E-state index contributed by atoms with van der Waals surface area (Å²) in [5.41, 5.74) is 0.973. The number of thioether (sulfide) groups is 1. The number of nitrogens with zero attached hydrogens (tertiary/aromatic N) is 4. The van der Waals surface area contributed by atoms with Crippen molar-refractivity contribution in [3.8, 4) is 11.4 Å². The zero-order valence-corrected chi connectivity index (χ0v) is 13.9. The van der Waals surface area contributed by atoms with Crippen LogP contribution in [-0.2, 0) is 11.3 Å². The van der Waals surface area contributed by atoms with Crippen LogP contribution in [0.3, 0.4) is 0 Å². The Kier molecular flexibility index (Phi) is 5.94. The molecule has 7 heteroatoms. The number of carbonyl (C=O) groups is 1. The minimum absolute atomic E-state index is 0.0230. The highest BCUT2D eigenvalue weighted by atomic mass is 32.2. The first-order valence-electron chi connectivity index (χ1n) is 7.35. The van der Waals surface area contributed by atoms with Crippen molar-refractivity contribution < 1.29 is 4.79 Å². The van der Waals surface area contributed by atoms with Crippen molar-refractivity contribution in [3.05, 3.63) is 24.5 Å². The van der Waals surface area contributed by atoms with Crippen LogP contribution in [0, 0.1) is 5.92 Å². The lowest BCUT2D eigenvalue weighted by molar-refractivity contribution is -0.118. The quantitative estimate of drug-likeness (QED) is 0.792. The predicted octanol–water partition coefficient (Wildman–Crippen LogP) is 2.22. The zero-order valence-electron chi connectivity index (χ0n) is 13.1. The molecule has 0 atom stereocenters. The molecule has 118 valence electrons. The van der Waals surface area contributed by atoms with E-state index in [0.717, 1.165) is 23.1 Å². The number of carbonyl (C=O) groups excluding carboxylic acids is 1. The lowest BCUT2D eigenvalue weighted by Gasteiger charge is -2.08. The maximum Gasteiger partial charge on any atom is 0.230 e. The molecule has 0 aliphatic carbocycles. The maximum atomic E-state index is 11.8. The molecule has 1 N–H and O–H groups in total. The minimum Gasteiger partial charge on any atom is -0.355 e. The van der Waals surface area contributed by atoms with Gasteiger partial charge in [-0.25, -0.2) is 0 Å². The molecule has 0 saturated carbocycles. The van der Waals surface area contributed by atoms with E-state index in [-0.39, 0.29) is 5.91 Å². The Morgan fingerprint density at radius 3 is 2.68 bits per heavy atom. The molecule has 0 aliphatic heterocycles. The third-order valence-electron chi connectivity index (χ3n) is 3.01. The Labute approximate surface area is 134 Å². The standard InChI is InChI=1S/C15H21N5OS/c1-4-20-14(12-5-7-16-8-6-12)18-19-15(20)22-10-13(21)17-9-11(2)3/h5-8,11H,4,9-10H2,1-3H3,(H,17,21). The number of hydrogen-bond donors (Lipinski definition) is 1. The highest BCUT2D eigenvalue weighted by Crippen LogP contribution is 2.23. The van der Waals surface area contributed by atoms with E-state index in [1.165, 1.54) is 11.8 Å². The molecule has 2 aromatic rings. The van der Waals surface area contributed by atoms with Gasteiger partial charge in [0, 0.05) is 31.0 Å². The molecule has 0 bridgehead atoms. The first-order chi connectivity index (χ1) is 10.6. The molecule has 0 spiro atoms. The minimum atomic E-state index is 0.0230. The molecular weight excluding hydrogens is 298 g/mol. The lowest BCUT2D eigenvalue weighted by Crippen LogP contribution is -2.28. The number of amides is 1. The molecule has 0 unspecified atom stereocenters. The Morgan fingerprint density at radius 1 is 1.32 bits per heavy atom. The molecule has 2 aromatic heterocycles. The van der Waals surface area contributed by atoms with Crippen molar-refractivity contribution in [2.24, 2.45) is 5.92 Å². The van der Waals surface area contributed by atoms with Gasteiger partial charge in [-0.1, -0.05) is 25.6 Å². The van der Waals surface area contributed by atoms with Gasteiger partial charge in [-0.3, -0.25) is 9.78 Å². The summed E-state index contributed by atoms with van der Waals surface area (Å²) in [4.78, 5) is 15.8. The topological polar surface area (TPSA) is 72.7 Å². The number of rotatable bonds is 7. The molecule has 6 nitrogen and oxygen atoms in total. The van der Waals surface area contributed by atoms with Gasteiger partial charge in [-0.15, -0.1) is 10.2 Å². The van der Waals surface area contributed by atoms with Gasteiger partial charge in [0.1, 0.15) is 0 Å². The molecule has 22 heavy (non-hydrogen) atoms. The summed E-state index contributed by atoms with van der Waals surface area (Å²) in [5, 5.41) is 12.1. The maximum absolute atomic E-state index is 11.8. The second kappa shape index (κ2) is 7.93. The number of nitrogens with one attached hydrogen (secondary N) is 1. The average molecular weight is 319 g/mol. The van der Waals surface area contributed by atoms with Crippen LogP contribution < -0.4 is 5.32 Å². The summed E-state index contributed by atoms with van der Waals surface area (Å²) < 4.78 is 2.01. The van der Waals surface area contributed by atoms with Crippen molar-refractivity contribution >= 4 is 17.7 Å². The summed E-state index contributed by atoms with van der Waals surface area (Å²) in [6.07, 6.45) is 3.46. The van der Waals surface area contributed by atoms with Crippen LogP contribution in [0.4, 0.5) is 0 Å². The van der Waals surface area contributed by atoms with Gasteiger partial charge in [-0.05, 0) is 25.0 Å². The summed E-state index contributed by atoms with van der Waals surface area (Å²) in [7, 11) is 0. The van der Waals surface area contributed by atoms with E-state index < -0.39 is 0 Å². The molecular formula is C15H21N5OS. The average Bonchev–Trinajstić information content (AvgIpc) is 2.94. The third-order valence-corrected chi connectivity index (χ3v) is 3.98. The van der Waals surface area contributed by atoms with Crippen LogP contribution in [0.15, 0.2) is 29.7 Å². The van der Waals surface area contributed by atoms with Gasteiger partial charge >= 0.3 is 0 Å². The monoisotopic (exact) mass is 319 g/mol. The fourth-order valence-corrected chi connectivity index (χ4v) is 2.73. The van der Waals surface area contributed by atoms with Crippen LogP contribution >= 0.6 is 11.8 Å². The summed E-state index contributed by atoms with van der Waals surface area (Å²) in [5.74, 6) is 1.62. The van der Waals surface area contributed by atoms with Gasteiger partial charge in [0.25, 0.3) is 0 Å². The molecule has 2 rings (SSSR count). The van der Waals surface area contributed by atoms with Crippen molar-refractivity contribution in [1.82, 2.24) is 25.1 Å². The van der Waals surface area contributed by atoms with Gasteiger partial charge < -0.3 is 9.88 Å². The van der Waals surface area contributed by atoms with E-state index in [1.807, 2.05) is 23.6 Å². The molecule has 0 aliphatic rings. The summed E-state index contributed by atoms with van der Waals surface area (Å²) in [6, 6.07) is 3.81. The second-order valence-electron chi connectivity index (χ2n) is 5.27. The SMILES string of the molecule is CCn1c(SCC(=O)NCC(C)C)nnc1-c1ccncc1. The molecule has 0 radical (unpaired) electrons. The largest absolute Gasteiger partial charge is 0.355 e. The van der Waals surface area contributed by atoms with Crippen LogP contribution in [0.5, 0.6) is 0 Å². The van der Waals surface area contributed by atoms with Crippen LogP contribution in [0.25, 0.3) is 11.4 Å². The van der Waals surface area contributed by atoms with Crippen LogP contribution in [0.2, 0.25) is 0 Å². The summed E-state index contributed by atoms with van der Waals surface area (Å²) >= 11 is 1.41. The zero-order chi connectivity index (χ0) is 15.9. The molecule has 0 saturated heterocycles. The Bertz CT molecular complexity index is 612. The van der Waals surface area contributed by atoms with E-state index in [9.17, 15) is 4.79 Å². The van der Waals surface area contributed by atoms with Crippen LogP contribution in [-0.4, -0.2) is 38.0 Å². The highest BCUT2D eigenvalue weighted by Gasteiger charge is 2.14. The molecule has 2 heterocycles. The first kappa shape index (κ1) is 16.5. The molecule has 1 amide bonds. The van der Waals surface area contributed by atoms with Crippen LogP contribution in [0.1, 0.15) is 20.8 Å². The van der Waals surface area contributed by atoms with E-state index in [1.54, 1.807) is 12.4 Å². The highest BCUT2D eigenvalue weighted by molar-refractivity contribution is 7.99. The van der Waals surface area contributed by atoms with Crippen molar-refractivity contribution in [3.63, 3.8) is 0 Å². The number of aromatic nitrogens is 4. The van der Waals surface area contributed by atoms with E-state index in [4.69, 9.17) is 0 Å². The lowest BCUT2D eigenvalue weighted by atomic mass is 10.2. The fraction of sp³-hybridized carbons (Fsp3) is 0.467. The Hall–Kier alpha value is -1.89. The number of pyridine rings is 1. The number of hydrogen-bond acceptors (Lipinski definition) is 5. The van der Waals surface area contributed by atoms with Crippen molar-refractivity contribution in [2.75, 3.05) is 12.3 Å². The Balaban J connectivity index is 2.03. The van der Waals surface area contributed by atoms with E-state index >= 15 is 0 Å². The molecule has 0 fully saturated rings. The molecule has 0 aromatic carbocycles. The van der Waals surface area contributed by atoms with Crippen molar-refractivity contribution in [2.45, 2.75) is 32.5 Å². The third kappa shape index (κ3) is 4.30. The normalized spacial score (nSPS) is 10.9. The first-order valence-corrected chi connectivity index (χ1v) is 8.33. The van der Waals surface area contributed by atoms with Gasteiger partial charge in [0.15, 0.2) is 11.0 Å². The smallest absolute Gasteiger partial charge is 0.230 e. The van der Waals surface area contributed by atoms with E-state index in [2.05, 4.69) is 34.3 Å². The van der Waals surface area contributed by atoms with E-state index in [0.29, 0.717) is 18.2 Å².